The molecule has 1 aromatic heterocycles. The summed E-state index contributed by atoms with van der Waals surface area (Å²) in [5, 5.41) is 4.39. The van der Waals surface area contributed by atoms with Crippen LogP contribution in [-0.4, -0.2) is 28.5 Å². The van der Waals surface area contributed by atoms with E-state index in [0.717, 1.165) is 11.4 Å². The minimum Gasteiger partial charge on any atom is -0.440 e. The first kappa shape index (κ1) is 20.1. The van der Waals surface area contributed by atoms with E-state index in [1.165, 1.54) is 6.07 Å². The average molecular weight is 394 g/mol. The molecule has 29 heavy (non-hydrogen) atoms. The molecule has 0 aliphatic carbocycles. The molecule has 7 heteroatoms. The Bertz CT molecular complexity index is 995. The van der Waals surface area contributed by atoms with Crippen molar-refractivity contribution >= 4 is 11.9 Å². The standard InChI is InChI=1S/C22H22N2O5/c1-15(2)21(25)29-19-12-8-7-11-18(19)22(26)28-14-27-20-13-16(3)23-24(20)17-9-5-4-6-10-17/h4-13,15H,14H2,1-3H3. The average Bonchev–Trinajstić information content (AvgIpc) is 3.09. The third kappa shape index (κ3) is 5.01. The molecular weight excluding hydrogens is 372 g/mol. The van der Waals surface area contributed by atoms with E-state index in [1.54, 1.807) is 42.8 Å². The predicted molar refractivity (Wildman–Crippen MR) is 106 cm³/mol. The second-order valence-electron chi connectivity index (χ2n) is 6.64. The van der Waals surface area contributed by atoms with Crippen molar-refractivity contribution in [3.63, 3.8) is 0 Å². The summed E-state index contributed by atoms with van der Waals surface area (Å²) >= 11 is 0. The predicted octanol–water partition coefficient (Wildman–Crippen LogP) is 3.94. The van der Waals surface area contributed by atoms with Gasteiger partial charge in [-0.1, -0.05) is 44.2 Å². The number of esters is 2. The number of rotatable bonds is 7. The zero-order valence-corrected chi connectivity index (χ0v) is 16.5. The van der Waals surface area contributed by atoms with Gasteiger partial charge in [-0.15, -0.1) is 0 Å². The Morgan fingerprint density at radius 3 is 2.45 bits per heavy atom. The number of para-hydroxylation sites is 2. The molecule has 150 valence electrons. The normalized spacial score (nSPS) is 10.6. The van der Waals surface area contributed by atoms with Gasteiger partial charge in [-0.05, 0) is 31.2 Å². The maximum absolute atomic E-state index is 12.5. The molecule has 0 aliphatic heterocycles. The third-order valence-corrected chi connectivity index (χ3v) is 3.99. The van der Waals surface area contributed by atoms with E-state index >= 15 is 0 Å². The zero-order chi connectivity index (χ0) is 20.8. The largest absolute Gasteiger partial charge is 0.440 e. The maximum Gasteiger partial charge on any atom is 0.344 e. The summed E-state index contributed by atoms with van der Waals surface area (Å²) in [6, 6.07) is 17.7. The number of benzene rings is 2. The van der Waals surface area contributed by atoms with Gasteiger partial charge in [-0.25, -0.2) is 9.48 Å². The second kappa shape index (κ2) is 9.05. The number of nitrogens with zero attached hydrogens (tertiary/aromatic N) is 2. The number of ether oxygens (including phenoxy) is 3. The fraction of sp³-hybridized carbons (Fsp3) is 0.227. The summed E-state index contributed by atoms with van der Waals surface area (Å²) in [4.78, 5) is 24.3. The van der Waals surface area contributed by atoms with Crippen molar-refractivity contribution in [3.8, 4) is 17.3 Å². The number of hydrogen-bond acceptors (Lipinski definition) is 6. The Morgan fingerprint density at radius 1 is 1.03 bits per heavy atom. The smallest absolute Gasteiger partial charge is 0.344 e. The van der Waals surface area contributed by atoms with Crippen LogP contribution >= 0.6 is 0 Å². The molecule has 0 unspecified atom stereocenters. The number of aromatic nitrogens is 2. The zero-order valence-electron chi connectivity index (χ0n) is 16.5. The van der Waals surface area contributed by atoms with Gasteiger partial charge in [0.2, 0.25) is 12.7 Å². The van der Waals surface area contributed by atoms with Crippen LogP contribution in [0.5, 0.6) is 11.6 Å². The van der Waals surface area contributed by atoms with Crippen LogP contribution < -0.4 is 9.47 Å². The van der Waals surface area contributed by atoms with E-state index in [-0.39, 0.29) is 24.0 Å². The van der Waals surface area contributed by atoms with E-state index in [2.05, 4.69) is 5.10 Å². The van der Waals surface area contributed by atoms with Crippen molar-refractivity contribution < 1.29 is 23.8 Å². The van der Waals surface area contributed by atoms with Gasteiger partial charge in [0.25, 0.3) is 0 Å². The molecule has 0 spiro atoms. The van der Waals surface area contributed by atoms with Crippen LogP contribution in [-0.2, 0) is 9.53 Å². The molecule has 1 heterocycles. The van der Waals surface area contributed by atoms with Crippen molar-refractivity contribution in [2.75, 3.05) is 6.79 Å². The van der Waals surface area contributed by atoms with Gasteiger partial charge in [0.05, 0.1) is 17.3 Å². The molecular formula is C22H22N2O5. The molecule has 3 aromatic rings. The van der Waals surface area contributed by atoms with E-state index in [4.69, 9.17) is 14.2 Å². The Labute approximate surface area is 168 Å². The molecule has 2 aromatic carbocycles. The number of hydrogen-bond donors (Lipinski definition) is 0. The molecule has 0 N–H and O–H groups in total. The Kier molecular flexibility index (Phi) is 6.29. The molecule has 0 aliphatic rings. The fourth-order valence-electron chi connectivity index (χ4n) is 2.50. The molecule has 0 saturated carbocycles. The van der Waals surface area contributed by atoms with E-state index < -0.39 is 11.9 Å². The molecule has 0 saturated heterocycles. The van der Waals surface area contributed by atoms with Crippen LogP contribution in [0.3, 0.4) is 0 Å². The molecule has 0 atom stereocenters. The highest BCUT2D eigenvalue weighted by atomic mass is 16.7. The summed E-state index contributed by atoms with van der Waals surface area (Å²) < 4.78 is 17.7. The molecule has 0 fully saturated rings. The highest BCUT2D eigenvalue weighted by Gasteiger charge is 2.18. The number of carbonyl (C=O) groups is 2. The monoisotopic (exact) mass is 394 g/mol. The van der Waals surface area contributed by atoms with Gasteiger partial charge in [0.15, 0.2) is 0 Å². The minimum absolute atomic E-state index is 0.151. The highest BCUT2D eigenvalue weighted by Crippen LogP contribution is 2.22. The quantitative estimate of drug-likeness (QED) is 0.343. The van der Waals surface area contributed by atoms with Gasteiger partial charge in [-0.2, -0.15) is 5.10 Å². The lowest BCUT2D eigenvalue weighted by atomic mass is 10.2. The van der Waals surface area contributed by atoms with Crippen molar-refractivity contribution in [3.05, 3.63) is 71.9 Å². The van der Waals surface area contributed by atoms with Crippen molar-refractivity contribution in [2.45, 2.75) is 20.8 Å². The van der Waals surface area contributed by atoms with Crippen LogP contribution in [0.25, 0.3) is 5.69 Å². The summed E-state index contributed by atoms with van der Waals surface area (Å²) in [6.07, 6.45) is 0. The second-order valence-corrected chi connectivity index (χ2v) is 6.64. The van der Waals surface area contributed by atoms with Gasteiger partial charge < -0.3 is 14.2 Å². The van der Waals surface area contributed by atoms with Crippen molar-refractivity contribution in [1.82, 2.24) is 9.78 Å². The summed E-state index contributed by atoms with van der Waals surface area (Å²) in [5.74, 6) is -0.797. The highest BCUT2D eigenvalue weighted by molar-refractivity contribution is 5.93. The van der Waals surface area contributed by atoms with Crippen LogP contribution in [0.2, 0.25) is 0 Å². The Morgan fingerprint density at radius 2 is 1.72 bits per heavy atom. The van der Waals surface area contributed by atoms with Crippen LogP contribution in [0.15, 0.2) is 60.7 Å². The maximum atomic E-state index is 12.5. The first-order valence-electron chi connectivity index (χ1n) is 9.18. The van der Waals surface area contributed by atoms with Crippen LogP contribution in [0, 0.1) is 12.8 Å². The van der Waals surface area contributed by atoms with Gasteiger partial charge >= 0.3 is 11.9 Å². The fourth-order valence-corrected chi connectivity index (χ4v) is 2.50. The lowest BCUT2D eigenvalue weighted by Gasteiger charge is -2.12. The van der Waals surface area contributed by atoms with Crippen LogP contribution in [0.1, 0.15) is 29.9 Å². The van der Waals surface area contributed by atoms with Gasteiger partial charge in [-0.3, -0.25) is 4.79 Å². The lowest BCUT2D eigenvalue weighted by molar-refractivity contribution is -0.137. The number of carbonyl (C=O) groups excluding carboxylic acids is 2. The first-order valence-corrected chi connectivity index (χ1v) is 9.18. The third-order valence-electron chi connectivity index (χ3n) is 3.99. The summed E-state index contributed by atoms with van der Waals surface area (Å²) in [6.45, 7) is 4.96. The Hall–Kier alpha value is -3.61. The number of aryl methyl sites for hydroxylation is 1. The topological polar surface area (TPSA) is 79.7 Å². The molecule has 7 nitrogen and oxygen atoms in total. The van der Waals surface area contributed by atoms with Gasteiger partial charge in [0, 0.05) is 6.07 Å². The molecule has 0 bridgehead atoms. The minimum atomic E-state index is -0.653. The van der Waals surface area contributed by atoms with Crippen molar-refractivity contribution in [1.29, 1.82) is 0 Å². The lowest BCUT2D eigenvalue weighted by Crippen LogP contribution is -2.18. The van der Waals surface area contributed by atoms with E-state index in [0.29, 0.717) is 5.88 Å². The summed E-state index contributed by atoms with van der Waals surface area (Å²) in [5.41, 5.74) is 1.74. The molecule has 0 amide bonds. The van der Waals surface area contributed by atoms with Gasteiger partial charge in [0.1, 0.15) is 11.3 Å². The summed E-state index contributed by atoms with van der Waals surface area (Å²) in [7, 11) is 0. The van der Waals surface area contributed by atoms with Crippen LogP contribution in [0.4, 0.5) is 0 Å². The Balaban J connectivity index is 1.67. The van der Waals surface area contributed by atoms with E-state index in [1.807, 2.05) is 37.3 Å². The van der Waals surface area contributed by atoms with E-state index in [9.17, 15) is 9.59 Å². The molecule has 3 rings (SSSR count). The van der Waals surface area contributed by atoms with Crippen molar-refractivity contribution in [2.24, 2.45) is 5.92 Å². The molecule has 0 radical (unpaired) electrons. The first-order chi connectivity index (χ1) is 14.0. The SMILES string of the molecule is Cc1cc(OCOC(=O)c2ccccc2OC(=O)C(C)C)n(-c2ccccc2)n1.